The molecule has 162 valence electrons. The third-order valence-electron chi connectivity index (χ3n) is 5.14. The molecule has 2 aromatic rings. The van der Waals surface area contributed by atoms with Crippen molar-refractivity contribution >= 4 is 17.8 Å². The van der Waals surface area contributed by atoms with Gasteiger partial charge in [0.25, 0.3) is 0 Å². The second-order valence-corrected chi connectivity index (χ2v) is 7.54. The summed E-state index contributed by atoms with van der Waals surface area (Å²) in [4.78, 5) is 37.4. The normalized spacial score (nSPS) is 21.0. The van der Waals surface area contributed by atoms with Crippen molar-refractivity contribution in [2.24, 2.45) is 5.92 Å². The highest BCUT2D eigenvalue weighted by Crippen LogP contribution is 2.19. The molecule has 0 aromatic heterocycles. The zero-order valence-corrected chi connectivity index (χ0v) is 17.5. The summed E-state index contributed by atoms with van der Waals surface area (Å²) in [5.74, 6) is -1.18. The van der Waals surface area contributed by atoms with Crippen LogP contribution >= 0.6 is 0 Å². The molecule has 0 aliphatic carbocycles. The van der Waals surface area contributed by atoms with E-state index in [1.165, 1.54) is 0 Å². The van der Waals surface area contributed by atoms with Gasteiger partial charge in [0.1, 0.15) is 6.10 Å². The summed E-state index contributed by atoms with van der Waals surface area (Å²) in [6, 6.07) is 19.0. The van der Waals surface area contributed by atoms with Gasteiger partial charge in [-0.3, -0.25) is 14.4 Å². The van der Waals surface area contributed by atoms with Crippen LogP contribution in [0.2, 0.25) is 0 Å². The van der Waals surface area contributed by atoms with Crippen molar-refractivity contribution in [1.82, 2.24) is 10.6 Å². The summed E-state index contributed by atoms with van der Waals surface area (Å²) in [6.07, 6.45) is 4.51. The van der Waals surface area contributed by atoms with Crippen molar-refractivity contribution in [1.29, 1.82) is 0 Å². The Morgan fingerprint density at radius 2 is 1.71 bits per heavy atom. The molecule has 6 heteroatoms. The van der Waals surface area contributed by atoms with Crippen LogP contribution in [0.4, 0.5) is 0 Å². The molecule has 6 nitrogen and oxygen atoms in total. The molecule has 31 heavy (non-hydrogen) atoms. The topological polar surface area (TPSA) is 84.5 Å². The molecule has 3 rings (SSSR count). The predicted octanol–water partition coefficient (Wildman–Crippen LogP) is 3.45. The molecule has 0 saturated heterocycles. The number of nitrogens with one attached hydrogen (secondary N) is 2. The standard InChI is InChI=1S/C25H28N2O4/c28-23(26-17-19-10-4-1-5-11-19)16-21-14-8-3-9-15-24(29)31-22(18-27-25(21)30)20-12-6-2-7-13-20/h1-8,10-13,21-22H,9,14-18H2,(H,26,28)(H,27,30)/b8-3+/t21-,22-/m0/s1. The third-order valence-corrected chi connectivity index (χ3v) is 5.14. The van der Waals surface area contributed by atoms with E-state index in [0.29, 0.717) is 19.4 Å². The quantitative estimate of drug-likeness (QED) is 0.573. The van der Waals surface area contributed by atoms with Crippen molar-refractivity contribution in [2.45, 2.75) is 38.3 Å². The van der Waals surface area contributed by atoms with Crippen LogP contribution in [0.5, 0.6) is 0 Å². The molecule has 2 aromatic carbocycles. The lowest BCUT2D eigenvalue weighted by atomic mass is 9.98. The van der Waals surface area contributed by atoms with Crippen molar-refractivity contribution in [2.75, 3.05) is 6.54 Å². The average molecular weight is 421 g/mol. The van der Waals surface area contributed by atoms with Gasteiger partial charge < -0.3 is 15.4 Å². The molecule has 0 bridgehead atoms. The Kier molecular flexibility index (Phi) is 8.40. The number of allylic oxidation sites excluding steroid dienone is 2. The smallest absolute Gasteiger partial charge is 0.306 e. The van der Waals surface area contributed by atoms with Crippen LogP contribution in [0, 0.1) is 5.92 Å². The van der Waals surface area contributed by atoms with E-state index in [4.69, 9.17) is 4.74 Å². The van der Waals surface area contributed by atoms with Crippen molar-refractivity contribution < 1.29 is 19.1 Å². The van der Waals surface area contributed by atoms with E-state index in [-0.39, 0.29) is 37.2 Å². The second kappa shape index (κ2) is 11.7. The fraction of sp³-hybridized carbons (Fsp3) is 0.320. The van der Waals surface area contributed by atoms with Gasteiger partial charge in [-0.25, -0.2) is 0 Å². The molecule has 0 spiro atoms. The van der Waals surface area contributed by atoms with E-state index in [2.05, 4.69) is 10.6 Å². The first-order valence-electron chi connectivity index (χ1n) is 10.6. The molecule has 0 radical (unpaired) electrons. The molecule has 2 amide bonds. The number of ether oxygens (including phenoxy) is 1. The number of hydrogen-bond donors (Lipinski definition) is 2. The lowest BCUT2D eigenvalue weighted by Gasteiger charge is -2.21. The lowest BCUT2D eigenvalue weighted by Crippen LogP contribution is -2.37. The Bertz CT molecular complexity index is 896. The van der Waals surface area contributed by atoms with Gasteiger partial charge >= 0.3 is 5.97 Å². The van der Waals surface area contributed by atoms with Gasteiger partial charge in [-0.2, -0.15) is 0 Å². The number of carbonyl (C=O) groups excluding carboxylic acids is 3. The zero-order valence-electron chi connectivity index (χ0n) is 17.5. The molecule has 0 fully saturated rings. The van der Waals surface area contributed by atoms with Crippen LogP contribution < -0.4 is 10.6 Å². The minimum Gasteiger partial charge on any atom is -0.456 e. The van der Waals surface area contributed by atoms with Crippen LogP contribution in [0.1, 0.15) is 42.9 Å². The summed E-state index contributed by atoms with van der Waals surface area (Å²) >= 11 is 0. The van der Waals surface area contributed by atoms with E-state index in [1.54, 1.807) is 0 Å². The van der Waals surface area contributed by atoms with Crippen LogP contribution in [0.15, 0.2) is 72.8 Å². The Balaban J connectivity index is 1.63. The maximum Gasteiger partial charge on any atom is 0.306 e. The molecule has 0 saturated carbocycles. The predicted molar refractivity (Wildman–Crippen MR) is 118 cm³/mol. The van der Waals surface area contributed by atoms with Crippen LogP contribution in [0.3, 0.4) is 0 Å². The van der Waals surface area contributed by atoms with E-state index in [9.17, 15) is 14.4 Å². The van der Waals surface area contributed by atoms with Gasteiger partial charge in [-0.1, -0.05) is 72.8 Å². The Morgan fingerprint density at radius 1 is 1.00 bits per heavy atom. The number of esters is 1. The van der Waals surface area contributed by atoms with Gasteiger partial charge in [0.15, 0.2) is 0 Å². The maximum atomic E-state index is 12.8. The van der Waals surface area contributed by atoms with Crippen molar-refractivity contribution in [3.8, 4) is 0 Å². The fourth-order valence-corrected chi connectivity index (χ4v) is 3.41. The number of amides is 2. The molecular formula is C25H28N2O4. The monoisotopic (exact) mass is 420 g/mol. The largest absolute Gasteiger partial charge is 0.456 e. The van der Waals surface area contributed by atoms with E-state index >= 15 is 0 Å². The Morgan fingerprint density at radius 3 is 2.45 bits per heavy atom. The maximum absolute atomic E-state index is 12.8. The number of carbonyl (C=O) groups is 3. The minimum atomic E-state index is -0.561. The second-order valence-electron chi connectivity index (χ2n) is 7.54. The SMILES string of the molecule is O=C(C[C@@H]1C/C=C/CCC(=O)O[C@H](c2ccccc2)CNC1=O)NCc1ccccc1. The summed E-state index contributed by atoms with van der Waals surface area (Å²) in [5.41, 5.74) is 1.83. The number of hydrogen-bond acceptors (Lipinski definition) is 4. The highest BCUT2D eigenvalue weighted by Gasteiger charge is 2.24. The zero-order chi connectivity index (χ0) is 21.9. The molecule has 0 unspecified atom stereocenters. The van der Waals surface area contributed by atoms with Gasteiger partial charge in [-0.05, 0) is 24.0 Å². The molecule has 2 N–H and O–H groups in total. The molecule has 1 heterocycles. The first-order valence-corrected chi connectivity index (χ1v) is 10.6. The van der Waals surface area contributed by atoms with Crippen LogP contribution in [-0.4, -0.2) is 24.3 Å². The molecule has 2 atom stereocenters. The summed E-state index contributed by atoms with van der Waals surface area (Å²) < 4.78 is 5.59. The summed E-state index contributed by atoms with van der Waals surface area (Å²) in [7, 11) is 0. The lowest BCUT2D eigenvalue weighted by molar-refractivity contribution is -0.150. The van der Waals surface area contributed by atoms with E-state index in [0.717, 1.165) is 11.1 Å². The number of cyclic esters (lactones) is 1. The van der Waals surface area contributed by atoms with Gasteiger partial charge in [0.2, 0.25) is 11.8 Å². The van der Waals surface area contributed by atoms with E-state index < -0.39 is 12.0 Å². The van der Waals surface area contributed by atoms with Crippen molar-refractivity contribution in [3.63, 3.8) is 0 Å². The number of benzene rings is 2. The number of rotatable bonds is 5. The summed E-state index contributed by atoms with van der Waals surface area (Å²) in [6.45, 7) is 0.594. The van der Waals surface area contributed by atoms with Gasteiger partial charge in [0.05, 0.1) is 12.5 Å². The van der Waals surface area contributed by atoms with Crippen LogP contribution in [0.25, 0.3) is 0 Å². The Labute approximate surface area is 182 Å². The Hall–Kier alpha value is -3.41. The van der Waals surface area contributed by atoms with Crippen LogP contribution in [-0.2, 0) is 25.7 Å². The van der Waals surface area contributed by atoms with E-state index in [1.807, 2.05) is 72.8 Å². The van der Waals surface area contributed by atoms with Crippen molar-refractivity contribution in [3.05, 3.63) is 83.9 Å². The average Bonchev–Trinajstić information content (AvgIpc) is 2.79. The first-order chi connectivity index (χ1) is 15.1. The highest BCUT2D eigenvalue weighted by molar-refractivity contribution is 5.86. The van der Waals surface area contributed by atoms with Gasteiger partial charge in [0, 0.05) is 19.4 Å². The third kappa shape index (κ3) is 7.41. The minimum absolute atomic E-state index is 0.0960. The van der Waals surface area contributed by atoms with Gasteiger partial charge in [-0.15, -0.1) is 0 Å². The molecule has 1 aliphatic rings. The first kappa shape index (κ1) is 22.3. The molecule has 1 aliphatic heterocycles. The fourth-order valence-electron chi connectivity index (χ4n) is 3.41. The highest BCUT2D eigenvalue weighted by atomic mass is 16.5. The molecular weight excluding hydrogens is 392 g/mol. The summed E-state index contributed by atoms with van der Waals surface area (Å²) in [5, 5.41) is 5.75.